The van der Waals surface area contributed by atoms with Crippen LogP contribution in [0.5, 0.6) is 5.75 Å². The second-order valence-electron chi connectivity index (χ2n) is 3.87. The lowest BCUT2D eigenvalue weighted by Gasteiger charge is -2.11. The van der Waals surface area contributed by atoms with E-state index in [2.05, 4.69) is 27.8 Å². The van der Waals surface area contributed by atoms with Crippen LogP contribution >= 0.6 is 11.5 Å². The maximum atomic E-state index is 5.72. The van der Waals surface area contributed by atoms with Crippen LogP contribution in [-0.4, -0.2) is 16.2 Å². The first-order valence-electron chi connectivity index (χ1n) is 5.82. The van der Waals surface area contributed by atoms with Crippen molar-refractivity contribution in [2.45, 2.75) is 6.92 Å². The van der Waals surface area contributed by atoms with Crippen LogP contribution in [0.3, 0.4) is 0 Å². The van der Waals surface area contributed by atoms with Crippen molar-refractivity contribution in [2.24, 2.45) is 0 Å². The number of hydrogen-bond donors (Lipinski definition) is 0. The summed E-state index contributed by atoms with van der Waals surface area (Å²) >= 11 is 1.39. The van der Waals surface area contributed by atoms with E-state index < -0.39 is 0 Å². The van der Waals surface area contributed by atoms with Crippen molar-refractivity contribution in [3.63, 3.8) is 0 Å². The molecule has 0 radical (unpaired) electrons. The Labute approximate surface area is 109 Å². The second kappa shape index (κ2) is 4.74. The van der Waals surface area contributed by atoms with E-state index in [-0.39, 0.29) is 0 Å². The molecule has 0 saturated carbocycles. The summed E-state index contributed by atoms with van der Waals surface area (Å²) in [6.45, 7) is 2.64. The van der Waals surface area contributed by atoms with Gasteiger partial charge in [-0.1, -0.05) is 34.8 Å². The Morgan fingerprint density at radius 3 is 2.83 bits per heavy atom. The Balaban J connectivity index is 2.32. The van der Waals surface area contributed by atoms with Gasteiger partial charge in [0.25, 0.3) is 0 Å². The van der Waals surface area contributed by atoms with Crippen molar-refractivity contribution in [3.05, 3.63) is 42.6 Å². The molecule has 0 saturated heterocycles. The average molecular weight is 256 g/mol. The molecule has 2 aromatic carbocycles. The molecule has 1 aromatic heterocycles. The van der Waals surface area contributed by atoms with Crippen LogP contribution in [0.25, 0.3) is 21.2 Å². The van der Waals surface area contributed by atoms with Gasteiger partial charge in [-0.25, -0.2) is 0 Å². The quantitative estimate of drug-likeness (QED) is 0.715. The smallest absolute Gasteiger partial charge is 0.128 e. The molecular formula is C14H12N2OS. The molecular weight excluding hydrogens is 244 g/mol. The van der Waals surface area contributed by atoms with Crippen LogP contribution < -0.4 is 4.74 Å². The van der Waals surface area contributed by atoms with Crippen molar-refractivity contribution >= 4 is 22.3 Å². The molecule has 4 heteroatoms. The maximum Gasteiger partial charge on any atom is 0.128 e. The lowest BCUT2D eigenvalue weighted by Crippen LogP contribution is -1.94. The SMILES string of the molecule is CCOc1ccc2ccccc2c1-c1cnns1. The predicted molar refractivity (Wildman–Crippen MR) is 74.0 cm³/mol. The van der Waals surface area contributed by atoms with Gasteiger partial charge >= 0.3 is 0 Å². The van der Waals surface area contributed by atoms with Crippen LogP contribution in [0.1, 0.15) is 6.92 Å². The highest BCUT2D eigenvalue weighted by molar-refractivity contribution is 7.09. The highest BCUT2D eigenvalue weighted by Crippen LogP contribution is 2.38. The van der Waals surface area contributed by atoms with Gasteiger partial charge in [0.05, 0.1) is 17.7 Å². The fraction of sp³-hybridized carbons (Fsp3) is 0.143. The fourth-order valence-electron chi connectivity index (χ4n) is 2.06. The molecule has 90 valence electrons. The summed E-state index contributed by atoms with van der Waals surface area (Å²) in [4.78, 5) is 1.04. The molecule has 18 heavy (non-hydrogen) atoms. The van der Waals surface area contributed by atoms with E-state index in [1.165, 1.54) is 22.3 Å². The van der Waals surface area contributed by atoms with Gasteiger partial charge in [-0.15, -0.1) is 5.10 Å². The summed E-state index contributed by atoms with van der Waals surface area (Å²) in [6, 6.07) is 12.4. The number of rotatable bonds is 3. The molecule has 0 aliphatic carbocycles. The van der Waals surface area contributed by atoms with Gasteiger partial charge in [0, 0.05) is 5.56 Å². The van der Waals surface area contributed by atoms with Gasteiger partial charge in [0.1, 0.15) is 5.75 Å². The van der Waals surface area contributed by atoms with Crippen molar-refractivity contribution in [1.82, 2.24) is 9.59 Å². The van der Waals surface area contributed by atoms with Crippen LogP contribution in [0, 0.1) is 0 Å². The molecule has 0 spiro atoms. The number of benzene rings is 2. The Morgan fingerprint density at radius 1 is 1.17 bits per heavy atom. The Morgan fingerprint density at radius 2 is 2.06 bits per heavy atom. The van der Waals surface area contributed by atoms with Crippen LogP contribution in [0.4, 0.5) is 0 Å². The number of nitrogens with zero attached hydrogens (tertiary/aromatic N) is 2. The van der Waals surface area contributed by atoms with Gasteiger partial charge in [-0.05, 0) is 35.3 Å². The van der Waals surface area contributed by atoms with Gasteiger partial charge in [-0.2, -0.15) is 0 Å². The minimum absolute atomic E-state index is 0.650. The summed E-state index contributed by atoms with van der Waals surface area (Å²) in [5.41, 5.74) is 1.09. The van der Waals surface area contributed by atoms with Crippen molar-refractivity contribution in [1.29, 1.82) is 0 Å². The monoisotopic (exact) mass is 256 g/mol. The predicted octanol–water partition coefficient (Wildman–Crippen LogP) is 3.76. The zero-order chi connectivity index (χ0) is 12.4. The summed E-state index contributed by atoms with van der Waals surface area (Å²) < 4.78 is 9.66. The highest BCUT2D eigenvalue weighted by Gasteiger charge is 2.12. The van der Waals surface area contributed by atoms with Gasteiger partial charge < -0.3 is 4.74 Å². The third-order valence-electron chi connectivity index (χ3n) is 2.80. The Hall–Kier alpha value is -1.94. The molecule has 3 aromatic rings. The molecule has 0 unspecified atom stereocenters. The Bertz CT molecular complexity index is 665. The molecule has 0 atom stereocenters. The molecule has 0 amide bonds. The molecule has 0 bridgehead atoms. The molecule has 0 aliphatic rings. The first kappa shape index (κ1) is 11.2. The van der Waals surface area contributed by atoms with Gasteiger partial charge in [-0.3, -0.25) is 0 Å². The highest BCUT2D eigenvalue weighted by atomic mass is 32.1. The second-order valence-corrected chi connectivity index (χ2v) is 4.66. The van der Waals surface area contributed by atoms with E-state index in [1.54, 1.807) is 6.20 Å². The molecule has 1 heterocycles. The van der Waals surface area contributed by atoms with E-state index in [0.717, 1.165) is 16.2 Å². The average Bonchev–Trinajstić information content (AvgIpc) is 2.92. The Kier molecular flexibility index (Phi) is 2.94. The maximum absolute atomic E-state index is 5.72. The number of fused-ring (bicyclic) bond motifs is 1. The minimum atomic E-state index is 0.650. The summed E-state index contributed by atoms with van der Waals surface area (Å²) in [6.07, 6.45) is 1.79. The number of hydrogen-bond acceptors (Lipinski definition) is 4. The third kappa shape index (κ3) is 1.84. The molecule has 0 N–H and O–H groups in total. The zero-order valence-corrected chi connectivity index (χ0v) is 10.8. The number of aromatic nitrogens is 2. The normalized spacial score (nSPS) is 10.7. The summed E-state index contributed by atoms with van der Waals surface area (Å²) in [5, 5.41) is 6.29. The molecule has 0 fully saturated rings. The molecule has 3 nitrogen and oxygen atoms in total. The van der Waals surface area contributed by atoms with E-state index in [4.69, 9.17) is 4.74 Å². The van der Waals surface area contributed by atoms with E-state index >= 15 is 0 Å². The van der Waals surface area contributed by atoms with Crippen LogP contribution in [0.2, 0.25) is 0 Å². The largest absolute Gasteiger partial charge is 0.493 e. The van der Waals surface area contributed by atoms with Crippen molar-refractivity contribution in [2.75, 3.05) is 6.61 Å². The molecule has 3 rings (SSSR count). The fourth-order valence-corrected chi connectivity index (χ4v) is 2.64. The summed E-state index contributed by atoms with van der Waals surface area (Å²) in [7, 11) is 0. The molecule has 0 aliphatic heterocycles. The first-order valence-corrected chi connectivity index (χ1v) is 6.59. The van der Waals surface area contributed by atoms with E-state index in [0.29, 0.717) is 6.61 Å². The topological polar surface area (TPSA) is 35.0 Å². The first-order chi connectivity index (χ1) is 8.90. The van der Waals surface area contributed by atoms with Gasteiger partial charge in [0.15, 0.2) is 0 Å². The standard InChI is InChI=1S/C14H12N2OS/c1-2-17-12-8-7-10-5-3-4-6-11(10)14(12)13-9-15-16-18-13/h3-9H,2H2,1H3. The third-order valence-corrected chi connectivity index (χ3v) is 3.48. The van der Waals surface area contributed by atoms with Crippen molar-refractivity contribution < 1.29 is 4.74 Å². The van der Waals surface area contributed by atoms with Gasteiger partial charge in [0.2, 0.25) is 0 Å². The van der Waals surface area contributed by atoms with Crippen molar-refractivity contribution in [3.8, 4) is 16.2 Å². The lowest BCUT2D eigenvalue weighted by molar-refractivity contribution is 0.342. The summed E-state index contributed by atoms with van der Waals surface area (Å²) in [5.74, 6) is 0.891. The zero-order valence-electron chi connectivity index (χ0n) is 9.96. The van der Waals surface area contributed by atoms with E-state index in [9.17, 15) is 0 Å². The van der Waals surface area contributed by atoms with Crippen LogP contribution in [0.15, 0.2) is 42.6 Å². The number of ether oxygens (including phenoxy) is 1. The minimum Gasteiger partial charge on any atom is -0.493 e. The van der Waals surface area contributed by atoms with E-state index in [1.807, 2.05) is 25.1 Å². The lowest BCUT2D eigenvalue weighted by atomic mass is 10.0. The van der Waals surface area contributed by atoms with Crippen LogP contribution in [-0.2, 0) is 0 Å².